The molecule has 3 rings (SSSR count). The molecule has 1 N–H and O–H groups in total. The van der Waals surface area contributed by atoms with Gasteiger partial charge in [0.2, 0.25) is 0 Å². The number of benzene rings is 1. The van der Waals surface area contributed by atoms with E-state index in [-0.39, 0.29) is 6.04 Å². The van der Waals surface area contributed by atoms with Gasteiger partial charge < -0.3 is 5.11 Å². The number of alkyl halides is 3. The zero-order valence-electron chi connectivity index (χ0n) is 10.5. The van der Waals surface area contributed by atoms with E-state index in [0.717, 1.165) is 38.1 Å². The molecule has 19 heavy (non-hydrogen) atoms. The van der Waals surface area contributed by atoms with Gasteiger partial charge in [-0.05, 0) is 43.5 Å². The summed E-state index contributed by atoms with van der Waals surface area (Å²) < 4.78 is 37.6. The van der Waals surface area contributed by atoms with Gasteiger partial charge in [0.15, 0.2) is 0 Å². The molecular weight excluding hydrogens is 255 g/mol. The Morgan fingerprint density at radius 2 is 1.84 bits per heavy atom. The van der Waals surface area contributed by atoms with Gasteiger partial charge in [0, 0.05) is 12.6 Å². The zero-order valence-corrected chi connectivity index (χ0v) is 10.5. The SMILES string of the molecule is OC1(c2ccc(C(F)(F)F)cc2)CCN2CCCC21. The Labute approximate surface area is 109 Å². The Morgan fingerprint density at radius 1 is 1.16 bits per heavy atom. The van der Waals surface area contributed by atoms with Crippen molar-refractivity contribution in [1.82, 2.24) is 4.90 Å². The van der Waals surface area contributed by atoms with Crippen molar-refractivity contribution in [3.05, 3.63) is 35.4 Å². The first-order valence-electron chi connectivity index (χ1n) is 6.55. The summed E-state index contributed by atoms with van der Waals surface area (Å²) in [4.78, 5) is 2.23. The standard InChI is InChI=1S/C14H16F3NO/c15-14(16,17)11-5-3-10(4-6-11)13(19)7-9-18-8-1-2-12(13)18/h3-6,12,19H,1-2,7-9H2. The molecular formula is C14H16F3NO. The topological polar surface area (TPSA) is 23.5 Å². The van der Waals surface area contributed by atoms with Crippen molar-refractivity contribution < 1.29 is 18.3 Å². The summed E-state index contributed by atoms with van der Waals surface area (Å²) in [7, 11) is 0. The second kappa shape index (κ2) is 4.21. The molecule has 2 heterocycles. The van der Waals surface area contributed by atoms with Crippen LogP contribution in [0, 0.1) is 0 Å². The first kappa shape index (κ1) is 12.9. The highest BCUT2D eigenvalue weighted by molar-refractivity contribution is 5.31. The van der Waals surface area contributed by atoms with Crippen LogP contribution in [0.5, 0.6) is 0 Å². The molecule has 5 heteroatoms. The summed E-state index contributed by atoms with van der Waals surface area (Å²) in [5.41, 5.74) is -1.04. The van der Waals surface area contributed by atoms with Gasteiger partial charge in [0.25, 0.3) is 0 Å². The van der Waals surface area contributed by atoms with Gasteiger partial charge in [-0.3, -0.25) is 4.90 Å². The number of rotatable bonds is 1. The van der Waals surface area contributed by atoms with Crippen LogP contribution in [-0.4, -0.2) is 29.1 Å². The van der Waals surface area contributed by atoms with Crippen molar-refractivity contribution in [2.75, 3.05) is 13.1 Å². The van der Waals surface area contributed by atoms with Crippen LogP contribution in [0.15, 0.2) is 24.3 Å². The molecule has 0 saturated carbocycles. The van der Waals surface area contributed by atoms with Crippen LogP contribution in [0.1, 0.15) is 30.4 Å². The summed E-state index contributed by atoms with van der Waals surface area (Å²) in [6.07, 6.45) is -1.76. The molecule has 2 unspecified atom stereocenters. The summed E-state index contributed by atoms with van der Waals surface area (Å²) in [5.74, 6) is 0. The molecule has 2 atom stereocenters. The van der Waals surface area contributed by atoms with Crippen LogP contribution in [0.25, 0.3) is 0 Å². The third kappa shape index (κ3) is 2.05. The summed E-state index contributed by atoms with van der Waals surface area (Å²) in [6.45, 7) is 1.80. The van der Waals surface area contributed by atoms with E-state index in [0.29, 0.717) is 12.0 Å². The van der Waals surface area contributed by atoms with Crippen LogP contribution >= 0.6 is 0 Å². The lowest BCUT2D eigenvalue weighted by Crippen LogP contribution is -2.38. The highest BCUT2D eigenvalue weighted by atomic mass is 19.4. The molecule has 0 spiro atoms. The first-order valence-corrected chi connectivity index (χ1v) is 6.55. The molecule has 2 aliphatic heterocycles. The maximum absolute atomic E-state index is 12.5. The average molecular weight is 271 g/mol. The second-order valence-electron chi connectivity index (χ2n) is 5.44. The van der Waals surface area contributed by atoms with Crippen LogP contribution < -0.4 is 0 Å². The Balaban J connectivity index is 1.90. The molecule has 2 saturated heterocycles. The molecule has 0 bridgehead atoms. The van der Waals surface area contributed by atoms with Gasteiger partial charge in [-0.15, -0.1) is 0 Å². The van der Waals surface area contributed by atoms with Crippen LogP contribution in [0.2, 0.25) is 0 Å². The molecule has 0 amide bonds. The molecule has 0 aliphatic carbocycles. The van der Waals surface area contributed by atoms with Crippen molar-refractivity contribution in [1.29, 1.82) is 0 Å². The monoisotopic (exact) mass is 271 g/mol. The fraction of sp³-hybridized carbons (Fsp3) is 0.571. The Hall–Kier alpha value is -1.07. The molecule has 0 aromatic heterocycles. The minimum absolute atomic E-state index is 0.0595. The highest BCUT2D eigenvalue weighted by Crippen LogP contribution is 2.43. The molecule has 2 aliphatic rings. The third-order valence-electron chi connectivity index (χ3n) is 4.41. The Morgan fingerprint density at radius 3 is 2.47 bits per heavy atom. The van der Waals surface area contributed by atoms with E-state index in [4.69, 9.17) is 0 Å². The molecule has 1 aromatic carbocycles. The fourth-order valence-electron chi connectivity index (χ4n) is 3.40. The van der Waals surface area contributed by atoms with E-state index in [1.165, 1.54) is 12.1 Å². The van der Waals surface area contributed by atoms with E-state index in [1.807, 2.05) is 0 Å². The molecule has 1 aromatic rings. The number of fused-ring (bicyclic) bond motifs is 1. The van der Waals surface area contributed by atoms with Crippen molar-refractivity contribution in [2.24, 2.45) is 0 Å². The van der Waals surface area contributed by atoms with Crippen LogP contribution in [0.3, 0.4) is 0 Å². The lowest BCUT2D eigenvalue weighted by atomic mass is 9.85. The largest absolute Gasteiger partial charge is 0.416 e. The van der Waals surface area contributed by atoms with Gasteiger partial charge in [-0.2, -0.15) is 13.2 Å². The van der Waals surface area contributed by atoms with E-state index in [1.54, 1.807) is 0 Å². The summed E-state index contributed by atoms with van der Waals surface area (Å²) in [5, 5.41) is 10.8. The van der Waals surface area contributed by atoms with Gasteiger partial charge >= 0.3 is 6.18 Å². The van der Waals surface area contributed by atoms with Gasteiger partial charge in [-0.1, -0.05) is 12.1 Å². The van der Waals surface area contributed by atoms with Gasteiger partial charge in [0.05, 0.1) is 5.56 Å². The van der Waals surface area contributed by atoms with Crippen LogP contribution in [0.4, 0.5) is 13.2 Å². The molecule has 0 radical (unpaired) electrons. The maximum atomic E-state index is 12.5. The van der Waals surface area contributed by atoms with E-state index in [2.05, 4.69) is 4.90 Å². The lowest BCUT2D eigenvalue weighted by Gasteiger charge is -2.30. The van der Waals surface area contributed by atoms with E-state index < -0.39 is 17.3 Å². The minimum Gasteiger partial charge on any atom is -0.383 e. The minimum atomic E-state index is -4.32. The highest BCUT2D eigenvalue weighted by Gasteiger charge is 2.49. The maximum Gasteiger partial charge on any atom is 0.416 e. The van der Waals surface area contributed by atoms with Crippen molar-refractivity contribution >= 4 is 0 Å². The van der Waals surface area contributed by atoms with E-state index in [9.17, 15) is 18.3 Å². The quantitative estimate of drug-likeness (QED) is 0.849. The normalized spacial score (nSPS) is 31.7. The molecule has 2 nitrogen and oxygen atoms in total. The molecule has 2 fully saturated rings. The summed E-state index contributed by atoms with van der Waals surface area (Å²) >= 11 is 0. The van der Waals surface area contributed by atoms with Gasteiger partial charge in [0.1, 0.15) is 5.60 Å². The van der Waals surface area contributed by atoms with Crippen molar-refractivity contribution in [2.45, 2.75) is 37.1 Å². The number of halogens is 3. The number of hydrogen-bond acceptors (Lipinski definition) is 2. The Bertz CT molecular complexity index is 471. The van der Waals surface area contributed by atoms with Crippen molar-refractivity contribution in [3.8, 4) is 0 Å². The van der Waals surface area contributed by atoms with E-state index >= 15 is 0 Å². The number of nitrogens with zero attached hydrogens (tertiary/aromatic N) is 1. The number of hydrogen-bond donors (Lipinski definition) is 1. The smallest absolute Gasteiger partial charge is 0.383 e. The zero-order chi connectivity index (χ0) is 13.7. The average Bonchev–Trinajstić information content (AvgIpc) is 2.94. The predicted molar refractivity (Wildman–Crippen MR) is 64.6 cm³/mol. The second-order valence-corrected chi connectivity index (χ2v) is 5.44. The van der Waals surface area contributed by atoms with Crippen LogP contribution in [-0.2, 0) is 11.8 Å². The first-order chi connectivity index (χ1) is 8.91. The number of aliphatic hydroxyl groups is 1. The Kier molecular flexibility index (Phi) is 2.87. The molecule has 104 valence electrons. The predicted octanol–water partition coefficient (Wildman–Crippen LogP) is 2.76. The fourth-order valence-corrected chi connectivity index (χ4v) is 3.40. The van der Waals surface area contributed by atoms with Gasteiger partial charge in [-0.25, -0.2) is 0 Å². The van der Waals surface area contributed by atoms with Crippen molar-refractivity contribution in [3.63, 3.8) is 0 Å². The lowest BCUT2D eigenvalue weighted by molar-refractivity contribution is -0.137. The summed E-state index contributed by atoms with van der Waals surface area (Å²) in [6, 6.07) is 5.02. The third-order valence-corrected chi connectivity index (χ3v) is 4.41.